The van der Waals surface area contributed by atoms with Gasteiger partial charge in [0.15, 0.2) is 0 Å². The second-order valence-corrected chi connectivity index (χ2v) is 8.19. The summed E-state index contributed by atoms with van der Waals surface area (Å²) < 4.78 is 80.2. The molecule has 0 aliphatic heterocycles. The number of ether oxygens (including phenoxy) is 1. The molecule has 2 aromatic carbocycles. The van der Waals surface area contributed by atoms with Gasteiger partial charge >= 0.3 is 6.18 Å². The number of benzene rings is 2. The molecule has 0 aromatic heterocycles. The fraction of sp³-hybridized carbons (Fsp3) is 0.316. The number of amides is 1. The van der Waals surface area contributed by atoms with E-state index in [2.05, 4.69) is 5.32 Å². The van der Waals surface area contributed by atoms with E-state index >= 15 is 0 Å². The minimum atomic E-state index is -4.57. The van der Waals surface area contributed by atoms with E-state index < -0.39 is 40.5 Å². The second kappa shape index (κ2) is 10.0. The lowest BCUT2D eigenvalue weighted by Gasteiger charge is -2.16. The average Bonchev–Trinajstić information content (AvgIpc) is 2.69. The Morgan fingerprint density at radius 2 is 1.90 bits per heavy atom. The van der Waals surface area contributed by atoms with Crippen LogP contribution in [0.25, 0.3) is 11.1 Å². The summed E-state index contributed by atoms with van der Waals surface area (Å²) in [6.45, 7) is -0.388. The first-order valence-corrected chi connectivity index (χ1v) is 10.4. The van der Waals surface area contributed by atoms with Crippen LogP contribution >= 0.6 is 0 Å². The van der Waals surface area contributed by atoms with Crippen LogP contribution in [0.4, 0.5) is 17.6 Å². The van der Waals surface area contributed by atoms with Gasteiger partial charge in [-0.1, -0.05) is 16.3 Å². The number of rotatable bonds is 9. The number of carbonyl (C=O) groups excluding carboxylic acids is 1. The smallest absolute Gasteiger partial charge is 0.393 e. The third-order valence-electron chi connectivity index (χ3n) is 3.98. The summed E-state index contributed by atoms with van der Waals surface area (Å²) in [6, 6.07) is 10.3. The van der Waals surface area contributed by atoms with E-state index in [0.717, 1.165) is 0 Å². The van der Waals surface area contributed by atoms with Crippen LogP contribution in [0.3, 0.4) is 0 Å². The van der Waals surface area contributed by atoms with Crippen LogP contribution in [0, 0.1) is 5.82 Å². The Bertz CT molecular complexity index is 937. The topological polar surface area (TPSA) is 90.5 Å². The molecule has 11 heteroatoms. The van der Waals surface area contributed by atoms with E-state index in [1.165, 1.54) is 37.4 Å². The zero-order chi connectivity index (χ0) is 22.4. The first-order valence-electron chi connectivity index (χ1n) is 8.77. The van der Waals surface area contributed by atoms with Gasteiger partial charge in [-0.05, 0) is 35.9 Å². The number of methoxy groups -OCH3 is 1. The van der Waals surface area contributed by atoms with Crippen molar-refractivity contribution >= 4 is 16.3 Å². The molecule has 6 nitrogen and oxygen atoms in total. The summed E-state index contributed by atoms with van der Waals surface area (Å²) in [5, 5.41) is 2.47. The minimum absolute atomic E-state index is 0.127. The highest BCUT2D eigenvalue weighted by molar-refractivity contribution is 7.95. The summed E-state index contributed by atoms with van der Waals surface area (Å²) in [7, 11) is -2.67. The molecule has 0 bridgehead atoms. The first kappa shape index (κ1) is 23.8. The molecule has 2 N–H and O–H groups in total. The number of carbonyl (C=O) groups is 1. The molecule has 0 fully saturated rings. The van der Waals surface area contributed by atoms with E-state index in [4.69, 9.17) is 4.74 Å². The molecule has 2 aromatic rings. The molecular weight excluding hydrogens is 428 g/mol. The molecule has 1 unspecified atom stereocenters. The molecule has 1 amide bonds. The van der Waals surface area contributed by atoms with Crippen molar-refractivity contribution in [1.82, 2.24) is 10.0 Å². The van der Waals surface area contributed by atoms with E-state index in [0.29, 0.717) is 16.9 Å². The number of hydrogen-bond acceptors (Lipinski definition) is 4. The van der Waals surface area contributed by atoms with Crippen molar-refractivity contribution in [3.8, 4) is 16.9 Å². The molecule has 1 atom stereocenters. The molecular formula is C19H20F4N2O4S. The highest BCUT2D eigenvalue weighted by atomic mass is 32.3. The van der Waals surface area contributed by atoms with Crippen LogP contribution in [0.2, 0.25) is 0 Å². The van der Waals surface area contributed by atoms with Gasteiger partial charge in [0.25, 0.3) is 5.91 Å². The van der Waals surface area contributed by atoms with Crippen molar-refractivity contribution in [3.05, 3.63) is 53.8 Å². The van der Waals surface area contributed by atoms with E-state index in [-0.39, 0.29) is 18.7 Å². The predicted molar refractivity (Wildman–Crippen MR) is 103 cm³/mol. The van der Waals surface area contributed by atoms with Gasteiger partial charge in [0.2, 0.25) is 0 Å². The Morgan fingerprint density at radius 3 is 2.57 bits per heavy atom. The number of nitrogens with one attached hydrogen (secondary N) is 2. The van der Waals surface area contributed by atoms with Gasteiger partial charge in [-0.3, -0.25) is 4.79 Å². The Labute approximate surface area is 172 Å². The van der Waals surface area contributed by atoms with Crippen molar-refractivity contribution in [3.63, 3.8) is 0 Å². The molecule has 0 aliphatic rings. The van der Waals surface area contributed by atoms with Gasteiger partial charge < -0.3 is 14.6 Å². The van der Waals surface area contributed by atoms with Crippen LogP contribution in [0.15, 0.2) is 42.5 Å². The molecule has 0 spiro atoms. The zero-order valence-electron chi connectivity index (χ0n) is 15.9. The zero-order valence-corrected chi connectivity index (χ0v) is 16.7. The van der Waals surface area contributed by atoms with Crippen molar-refractivity contribution in [1.29, 1.82) is 0 Å². The summed E-state index contributed by atoms with van der Waals surface area (Å²) in [5.41, 5.74) is 1.22. The van der Waals surface area contributed by atoms with Crippen LogP contribution in [-0.2, 0) is 14.6 Å². The molecule has 0 aliphatic carbocycles. The molecule has 164 valence electrons. The SMILES string of the molecule is COc1ccc(F)cc1-c1cccc(C(=O)NCCN[S+](=O)([O-])CCC(F)(F)F)c1. The normalized spacial score (nSPS) is 13.5. The van der Waals surface area contributed by atoms with Crippen LogP contribution in [-0.4, -0.2) is 42.6 Å². The second-order valence-electron chi connectivity index (χ2n) is 6.26. The van der Waals surface area contributed by atoms with Crippen molar-refractivity contribution in [2.24, 2.45) is 0 Å². The van der Waals surface area contributed by atoms with Gasteiger partial charge in [0.05, 0.1) is 20.1 Å². The molecule has 0 saturated carbocycles. The summed E-state index contributed by atoms with van der Waals surface area (Å²) >= 11 is 0. The van der Waals surface area contributed by atoms with Gasteiger partial charge in [-0.15, -0.1) is 4.72 Å². The maximum Gasteiger partial charge on any atom is 0.393 e. The largest absolute Gasteiger partial charge is 0.598 e. The minimum Gasteiger partial charge on any atom is -0.598 e. The lowest BCUT2D eigenvalue weighted by molar-refractivity contribution is -0.130. The fourth-order valence-corrected chi connectivity index (χ4v) is 3.60. The Morgan fingerprint density at radius 1 is 1.17 bits per heavy atom. The van der Waals surface area contributed by atoms with Crippen molar-refractivity contribution in [2.75, 3.05) is 26.0 Å². The number of alkyl halides is 3. The molecule has 0 heterocycles. The van der Waals surface area contributed by atoms with E-state index in [1.54, 1.807) is 12.1 Å². The summed E-state index contributed by atoms with van der Waals surface area (Å²) in [6.07, 6.45) is -6.02. The average molecular weight is 448 g/mol. The van der Waals surface area contributed by atoms with Gasteiger partial charge in [-0.25, -0.2) is 4.39 Å². The monoisotopic (exact) mass is 448 g/mol. The summed E-state index contributed by atoms with van der Waals surface area (Å²) in [5.74, 6) is -1.66. The third kappa shape index (κ3) is 7.39. The fourth-order valence-electron chi connectivity index (χ4n) is 2.54. The van der Waals surface area contributed by atoms with E-state index in [9.17, 15) is 31.1 Å². The maximum absolute atomic E-state index is 13.6. The molecule has 30 heavy (non-hydrogen) atoms. The maximum atomic E-state index is 13.6. The molecule has 0 radical (unpaired) electrons. The van der Waals surface area contributed by atoms with Crippen LogP contribution in [0.5, 0.6) is 5.75 Å². The highest BCUT2D eigenvalue weighted by Gasteiger charge is 2.31. The van der Waals surface area contributed by atoms with Gasteiger partial charge in [0, 0.05) is 17.7 Å². The lowest BCUT2D eigenvalue weighted by Crippen LogP contribution is -2.40. The van der Waals surface area contributed by atoms with Gasteiger partial charge in [-0.2, -0.15) is 13.2 Å². The van der Waals surface area contributed by atoms with Crippen molar-refractivity contribution in [2.45, 2.75) is 12.6 Å². The van der Waals surface area contributed by atoms with Crippen molar-refractivity contribution < 1.29 is 35.9 Å². The first-order chi connectivity index (χ1) is 14.0. The number of sulfonamides is 1. The van der Waals surface area contributed by atoms with E-state index in [1.807, 2.05) is 4.72 Å². The van der Waals surface area contributed by atoms with Crippen LogP contribution in [0.1, 0.15) is 16.8 Å². The standard InChI is InChI=1S/C19H20F4N2O4S/c1-29-17-6-5-15(20)12-16(17)13-3-2-4-14(11-13)18(26)24-8-9-25-30(27,28)10-7-19(21,22)23/h2-6,11-12H,7-10H2,1H3,(H2-,24,25,26,27,28). The Hall–Kier alpha value is -2.50. The Kier molecular flexibility index (Phi) is 7.93. The number of halogens is 4. The lowest BCUT2D eigenvalue weighted by atomic mass is 10.0. The highest BCUT2D eigenvalue weighted by Crippen LogP contribution is 2.31. The molecule has 0 saturated heterocycles. The van der Waals surface area contributed by atoms with Crippen LogP contribution < -0.4 is 14.8 Å². The number of hydrogen-bond donors (Lipinski definition) is 2. The molecule has 2 rings (SSSR count). The Balaban J connectivity index is 1.95. The quantitative estimate of drug-likeness (QED) is 0.350. The third-order valence-corrected chi connectivity index (χ3v) is 5.37. The van der Waals surface area contributed by atoms with Gasteiger partial charge in [0.1, 0.15) is 27.7 Å². The predicted octanol–water partition coefficient (Wildman–Crippen LogP) is 3.32. The summed E-state index contributed by atoms with van der Waals surface area (Å²) in [4.78, 5) is 12.3.